The second-order valence-corrected chi connectivity index (χ2v) is 5.52. The van der Waals surface area contributed by atoms with E-state index in [2.05, 4.69) is 4.74 Å². The van der Waals surface area contributed by atoms with Gasteiger partial charge in [-0.3, -0.25) is 14.4 Å². The molecule has 0 saturated carbocycles. The minimum atomic E-state index is -0.306. The number of rotatable bonds is 3. The molecule has 1 atom stereocenters. The molecular formula is C16H17NO4. The highest BCUT2D eigenvalue weighted by Gasteiger charge is 2.32. The van der Waals surface area contributed by atoms with Gasteiger partial charge in [-0.15, -0.1) is 0 Å². The van der Waals surface area contributed by atoms with Crippen LogP contribution in [0.15, 0.2) is 18.2 Å². The predicted octanol–water partition coefficient (Wildman–Crippen LogP) is 2.05. The quantitative estimate of drug-likeness (QED) is 0.798. The molecule has 5 nitrogen and oxygen atoms in total. The maximum Gasteiger partial charge on any atom is 0.306 e. The molecule has 0 N–H and O–H groups in total. The molecule has 1 saturated heterocycles. The van der Waals surface area contributed by atoms with E-state index in [1.807, 2.05) is 12.1 Å². The largest absolute Gasteiger partial charge is 0.469 e. The van der Waals surface area contributed by atoms with Gasteiger partial charge in [-0.25, -0.2) is 0 Å². The number of benzene rings is 1. The van der Waals surface area contributed by atoms with Crippen LogP contribution >= 0.6 is 0 Å². The van der Waals surface area contributed by atoms with Crippen LogP contribution in [0.2, 0.25) is 0 Å². The van der Waals surface area contributed by atoms with Crippen molar-refractivity contribution in [1.82, 2.24) is 0 Å². The summed E-state index contributed by atoms with van der Waals surface area (Å²) in [7, 11) is 1.35. The highest BCUT2D eigenvalue weighted by atomic mass is 16.5. The fourth-order valence-corrected chi connectivity index (χ4v) is 3.14. The fraction of sp³-hybridized carbons (Fsp3) is 0.438. The summed E-state index contributed by atoms with van der Waals surface area (Å²) in [4.78, 5) is 37.1. The number of nitrogens with zero attached hydrogens (tertiary/aromatic N) is 1. The van der Waals surface area contributed by atoms with Gasteiger partial charge in [-0.2, -0.15) is 0 Å². The molecule has 0 aromatic heterocycles. The van der Waals surface area contributed by atoms with E-state index in [4.69, 9.17) is 0 Å². The van der Waals surface area contributed by atoms with Gasteiger partial charge in [0.05, 0.1) is 13.5 Å². The topological polar surface area (TPSA) is 63.7 Å². The summed E-state index contributed by atoms with van der Waals surface area (Å²) in [6.45, 7) is 0.706. The summed E-state index contributed by atoms with van der Waals surface area (Å²) in [5.41, 5.74) is 2.31. The van der Waals surface area contributed by atoms with Gasteiger partial charge >= 0.3 is 5.97 Å². The molecule has 1 aliphatic heterocycles. The lowest BCUT2D eigenvalue weighted by Gasteiger charge is -2.17. The number of fused-ring (bicyclic) bond motifs is 1. The van der Waals surface area contributed by atoms with E-state index in [0.29, 0.717) is 24.9 Å². The number of carbonyl (C=O) groups excluding carboxylic acids is 3. The zero-order valence-corrected chi connectivity index (χ0v) is 11.9. The van der Waals surface area contributed by atoms with Crippen molar-refractivity contribution in [3.8, 4) is 0 Å². The average Bonchev–Trinajstić information content (AvgIpc) is 3.03. The fourth-order valence-electron chi connectivity index (χ4n) is 3.14. The van der Waals surface area contributed by atoms with Gasteiger partial charge in [0.15, 0.2) is 5.78 Å². The molecule has 1 aromatic rings. The van der Waals surface area contributed by atoms with E-state index in [1.165, 1.54) is 7.11 Å². The van der Waals surface area contributed by atoms with Crippen LogP contribution in [-0.2, 0) is 14.3 Å². The van der Waals surface area contributed by atoms with Crippen LogP contribution in [0.25, 0.3) is 0 Å². The highest BCUT2D eigenvalue weighted by Crippen LogP contribution is 2.38. The Morgan fingerprint density at radius 3 is 2.86 bits per heavy atom. The summed E-state index contributed by atoms with van der Waals surface area (Å²) in [6.07, 6.45) is 1.98. The van der Waals surface area contributed by atoms with Crippen molar-refractivity contribution in [2.45, 2.75) is 31.6 Å². The Labute approximate surface area is 122 Å². The Hall–Kier alpha value is -2.17. The summed E-state index contributed by atoms with van der Waals surface area (Å²) < 4.78 is 4.68. The van der Waals surface area contributed by atoms with Crippen molar-refractivity contribution >= 4 is 23.3 Å². The Morgan fingerprint density at radius 1 is 1.38 bits per heavy atom. The SMILES string of the molecule is COC(=O)C[C@H]1CC(=O)c2cc(N3CCCC3=O)ccc21. The molecule has 21 heavy (non-hydrogen) atoms. The Morgan fingerprint density at radius 2 is 2.19 bits per heavy atom. The molecule has 1 heterocycles. The number of hydrogen-bond acceptors (Lipinski definition) is 4. The number of ether oxygens (including phenoxy) is 1. The minimum Gasteiger partial charge on any atom is -0.469 e. The third-order valence-corrected chi connectivity index (χ3v) is 4.23. The van der Waals surface area contributed by atoms with Crippen molar-refractivity contribution < 1.29 is 19.1 Å². The number of hydrogen-bond donors (Lipinski definition) is 0. The number of carbonyl (C=O) groups is 3. The van der Waals surface area contributed by atoms with Crippen LogP contribution in [0, 0.1) is 0 Å². The minimum absolute atomic E-state index is 0.0346. The van der Waals surface area contributed by atoms with E-state index in [0.717, 1.165) is 17.7 Å². The molecule has 1 aliphatic carbocycles. The number of esters is 1. The normalized spacial score (nSPS) is 20.8. The van der Waals surface area contributed by atoms with E-state index in [1.54, 1.807) is 11.0 Å². The monoisotopic (exact) mass is 287 g/mol. The maximum absolute atomic E-state index is 12.1. The first-order valence-electron chi connectivity index (χ1n) is 7.14. The van der Waals surface area contributed by atoms with Crippen molar-refractivity contribution in [2.24, 2.45) is 0 Å². The lowest BCUT2D eigenvalue weighted by Crippen LogP contribution is -2.23. The summed E-state index contributed by atoms with van der Waals surface area (Å²) in [5, 5.41) is 0. The number of amides is 1. The van der Waals surface area contributed by atoms with Crippen LogP contribution < -0.4 is 4.90 Å². The van der Waals surface area contributed by atoms with Crippen LogP contribution in [0.5, 0.6) is 0 Å². The number of ketones is 1. The lowest BCUT2D eigenvalue weighted by atomic mass is 9.97. The van der Waals surface area contributed by atoms with Crippen molar-refractivity contribution in [3.63, 3.8) is 0 Å². The molecular weight excluding hydrogens is 270 g/mol. The second-order valence-electron chi connectivity index (χ2n) is 5.52. The summed E-state index contributed by atoms with van der Waals surface area (Å²) in [6, 6.07) is 5.53. The molecule has 0 bridgehead atoms. The molecule has 1 amide bonds. The van der Waals surface area contributed by atoms with Gasteiger partial charge in [0.25, 0.3) is 0 Å². The van der Waals surface area contributed by atoms with Gasteiger partial charge in [0, 0.05) is 36.6 Å². The van der Waals surface area contributed by atoms with Crippen LogP contribution in [-0.4, -0.2) is 31.3 Å². The molecule has 110 valence electrons. The predicted molar refractivity (Wildman–Crippen MR) is 76.4 cm³/mol. The smallest absolute Gasteiger partial charge is 0.306 e. The molecule has 0 spiro atoms. The first-order chi connectivity index (χ1) is 10.1. The maximum atomic E-state index is 12.1. The van der Waals surface area contributed by atoms with E-state index >= 15 is 0 Å². The van der Waals surface area contributed by atoms with Crippen LogP contribution in [0.3, 0.4) is 0 Å². The van der Waals surface area contributed by atoms with Crippen LogP contribution in [0.1, 0.15) is 47.5 Å². The highest BCUT2D eigenvalue weighted by molar-refractivity contribution is 6.04. The zero-order chi connectivity index (χ0) is 15.0. The van der Waals surface area contributed by atoms with Gasteiger partial charge < -0.3 is 9.64 Å². The first-order valence-corrected chi connectivity index (χ1v) is 7.14. The van der Waals surface area contributed by atoms with Gasteiger partial charge in [-0.05, 0) is 24.1 Å². The molecule has 0 radical (unpaired) electrons. The Kier molecular flexibility index (Phi) is 3.49. The standard InChI is InChI=1S/C16H17NO4/c1-21-16(20)8-10-7-14(18)13-9-11(4-5-12(10)13)17-6-2-3-15(17)19/h4-5,9-10H,2-3,6-8H2,1H3/t10-/m1/s1. The number of methoxy groups -OCH3 is 1. The summed E-state index contributed by atoms with van der Waals surface area (Å²) >= 11 is 0. The lowest BCUT2D eigenvalue weighted by molar-refractivity contribution is -0.141. The third-order valence-electron chi connectivity index (χ3n) is 4.23. The van der Waals surface area contributed by atoms with Crippen LogP contribution in [0.4, 0.5) is 5.69 Å². The van der Waals surface area contributed by atoms with Gasteiger partial charge in [0.1, 0.15) is 0 Å². The van der Waals surface area contributed by atoms with Gasteiger partial charge in [0.2, 0.25) is 5.91 Å². The first kappa shape index (κ1) is 13.8. The third kappa shape index (κ3) is 2.44. The second kappa shape index (κ2) is 5.31. The zero-order valence-electron chi connectivity index (χ0n) is 11.9. The van der Waals surface area contributed by atoms with E-state index < -0.39 is 0 Å². The Bertz CT molecular complexity index is 623. The van der Waals surface area contributed by atoms with E-state index in [-0.39, 0.29) is 30.0 Å². The molecule has 2 aliphatic rings. The summed E-state index contributed by atoms with van der Waals surface area (Å²) in [5.74, 6) is -0.276. The molecule has 0 unspecified atom stereocenters. The molecule has 1 fully saturated rings. The van der Waals surface area contributed by atoms with Crippen molar-refractivity contribution in [2.75, 3.05) is 18.6 Å². The Balaban J connectivity index is 1.89. The molecule has 5 heteroatoms. The molecule has 3 rings (SSSR count). The van der Waals surface area contributed by atoms with Crippen molar-refractivity contribution in [1.29, 1.82) is 0 Å². The van der Waals surface area contributed by atoms with Crippen molar-refractivity contribution in [3.05, 3.63) is 29.3 Å². The number of Topliss-reactive ketones (excluding diaryl/α,β-unsaturated/α-hetero) is 1. The van der Waals surface area contributed by atoms with Gasteiger partial charge in [-0.1, -0.05) is 6.07 Å². The van der Waals surface area contributed by atoms with E-state index in [9.17, 15) is 14.4 Å². The number of anilines is 1. The molecule has 1 aromatic carbocycles. The average molecular weight is 287 g/mol.